The first-order valence-corrected chi connectivity index (χ1v) is 10.6. The molecule has 2 aliphatic rings. The number of hydrogen-bond donors (Lipinski definition) is 3. The van der Waals surface area contributed by atoms with Gasteiger partial charge in [-0.3, -0.25) is 19.8 Å². The third-order valence-electron chi connectivity index (χ3n) is 5.37. The van der Waals surface area contributed by atoms with Crippen LogP contribution in [0.5, 0.6) is 0 Å². The van der Waals surface area contributed by atoms with Crippen LogP contribution in [0.25, 0.3) is 0 Å². The summed E-state index contributed by atoms with van der Waals surface area (Å²) in [5.74, 6) is -0.426. The number of carbonyl (C=O) groups is 4. The summed E-state index contributed by atoms with van der Waals surface area (Å²) < 4.78 is 0. The van der Waals surface area contributed by atoms with Crippen LogP contribution >= 0.6 is 11.8 Å². The van der Waals surface area contributed by atoms with Crippen molar-refractivity contribution in [1.29, 1.82) is 0 Å². The van der Waals surface area contributed by atoms with Crippen LogP contribution in [0.15, 0.2) is 29.2 Å². The van der Waals surface area contributed by atoms with Crippen molar-refractivity contribution in [2.45, 2.75) is 62.1 Å². The van der Waals surface area contributed by atoms with E-state index in [1.165, 1.54) is 18.7 Å². The molecule has 9 heteroatoms. The van der Waals surface area contributed by atoms with Crippen LogP contribution in [-0.2, 0) is 14.4 Å². The summed E-state index contributed by atoms with van der Waals surface area (Å²) >= 11 is 1.30. The van der Waals surface area contributed by atoms with Gasteiger partial charge in [-0.15, -0.1) is 11.8 Å². The average molecular weight is 419 g/mol. The fraction of sp³-hybridized carbons (Fsp3) is 0.500. The maximum absolute atomic E-state index is 12.8. The van der Waals surface area contributed by atoms with Gasteiger partial charge in [0.25, 0.3) is 11.8 Å². The van der Waals surface area contributed by atoms with E-state index in [9.17, 15) is 19.2 Å². The van der Waals surface area contributed by atoms with Gasteiger partial charge >= 0.3 is 6.03 Å². The lowest BCUT2D eigenvalue weighted by molar-refractivity contribution is -0.139. The Bertz CT molecular complexity index is 818. The van der Waals surface area contributed by atoms with Gasteiger partial charge in [0.1, 0.15) is 5.54 Å². The minimum Gasteiger partial charge on any atom is -0.326 e. The van der Waals surface area contributed by atoms with Gasteiger partial charge in [0.2, 0.25) is 5.91 Å². The molecule has 1 saturated carbocycles. The molecule has 3 N–H and O–H groups in total. The van der Waals surface area contributed by atoms with Crippen LogP contribution in [0.1, 0.15) is 46.5 Å². The van der Waals surface area contributed by atoms with E-state index in [0.717, 1.165) is 22.7 Å². The number of hydrazine groups is 1. The highest BCUT2D eigenvalue weighted by Gasteiger charge is 2.53. The van der Waals surface area contributed by atoms with E-state index >= 15 is 0 Å². The van der Waals surface area contributed by atoms with E-state index in [1.807, 2.05) is 0 Å². The minimum absolute atomic E-state index is 0.156. The number of nitrogens with zero attached hydrogens (tertiary/aromatic N) is 1. The molecule has 5 amide bonds. The second-order valence-electron chi connectivity index (χ2n) is 7.78. The maximum atomic E-state index is 12.8. The van der Waals surface area contributed by atoms with Gasteiger partial charge < -0.3 is 10.6 Å². The van der Waals surface area contributed by atoms with Gasteiger partial charge in [-0.05, 0) is 62.8 Å². The van der Waals surface area contributed by atoms with Gasteiger partial charge in [0.15, 0.2) is 0 Å². The number of thioether (sulfide) groups is 1. The summed E-state index contributed by atoms with van der Waals surface area (Å²) in [6.45, 7) is 5.27. The molecule has 1 saturated heterocycles. The van der Waals surface area contributed by atoms with Crippen molar-refractivity contribution >= 4 is 41.2 Å². The number of carbonyl (C=O) groups excluding carboxylic acids is 4. The smallest absolute Gasteiger partial charge is 0.326 e. The number of amides is 5. The van der Waals surface area contributed by atoms with Crippen LogP contribution < -0.4 is 16.1 Å². The quantitative estimate of drug-likeness (QED) is 0.503. The molecule has 1 atom stereocenters. The topological polar surface area (TPSA) is 108 Å². The van der Waals surface area contributed by atoms with E-state index in [-0.39, 0.29) is 11.8 Å². The standard InChI is InChI=1S/C20H26N4O4S/c1-12-8-10-20(11-9-12)18(27)24(19(28)22-20)23-17(26)13(2)29-16-6-4-15(5-7-16)21-14(3)25/h4-7,12-13H,8-11H2,1-3H3,(H,21,25)(H,22,28)(H,23,26). The highest BCUT2D eigenvalue weighted by molar-refractivity contribution is 8.00. The monoisotopic (exact) mass is 418 g/mol. The second-order valence-corrected chi connectivity index (χ2v) is 9.19. The van der Waals surface area contributed by atoms with Crippen molar-refractivity contribution in [3.8, 4) is 0 Å². The van der Waals surface area contributed by atoms with Gasteiger partial charge in [-0.1, -0.05) is 6.92 Å². The average Bonchev–Trinajstić information content (AvgIpc) is 2.89. The Hall–Kier alpha value is -2.55. The molecule has 1 heterocycles. The largest absolute Gasteiger partial charge is 0.344 e. The van der Waals surface area contributed by atoms with Crippen LogP contribution in [0.4, 0.5) is 10.5 Å². The Balaban J connectivity index is 1.58. The Morgan fingerprint density at radius 1 is 1.21 bits per heavy atom. The first kappa shape index (κ1) is 21.2. The van der Waals surface area contributed by atoms with Gasteiger partial charge in [-0.2, -0.15) is 5.01 Å². The summed E-state index contributed by atoms with van der Waals surface area (Å²) in [5, 5.41) is 5.77. The van der Waals surface area contributed by atoms with E-state index in [4.69, 9.17) is 0 Å². The first-order valence-electron chi connectivity index (χ1n) is 9.72. The number of anilines is 1. The molecule has 1 aromatic rings. The molecule has 1 aliphatic carbocycles. The number of imide groups is 1. The molecular weight excluding hydrogens is 392 g/mol. The van der Waals surface area contributed by atoms with Crippen molar-refractivity contribution in [2.24, 2.45) is 5.92 Å². The zero-order valence-corrected chi connectivity index (χ0v) is 17.6. The van der Waals surface area contributed by atoms with Crippen molar-refractivity contribution in [2.75, 3.05) is 5.32 Å². The lowest BCUT2D eigenvalue weighted by Crippen LogP contribution is -2.52. The Morgan fingerprint density at radius 3 is 2.41 bits per heavy atom. The zero-order valence-electron chi connectivity index (χ0n) is 16.8. The predicted molar refractivity (Wildman–Crippen MR) is 110 cm³/mol. The Labute approximate surface area is 174 Å². The number of rotatable bonds is 5. The molecular formula is C20H26N4O4S. The molecule has 1 aliphatic heterocycles. The molecule has 1 unspecified atom stereocenters. The zero-order chi connectivity index (χ0) is 21.2. The summed E-state index contributed by atoms with van der Waals surface area (Å²) in [4.78, 5) is 49.6. The van der Waals surface area contributed by atoms with Crippen molar-refractivity contribution in [1.82, 2.24) is 15.8 Å². The molecule has 0 aromatic heterocycles. The molecule has 29 heavy (non-hydrogen) atoms. The van der Waals surface area contributed by atoms with Crippen molar-refractivity contribution in [3.05, 3.63) is 24.3 Å². The van der Waals surface area contributed by atoms with Crippen LogP contribution in [0, 0.1) is 5.92 Å². The molecule has 1 aromatic carbocycles. The SMILES string of the molecule is CC(=O)Nc1ccc(SC(C)C(=O)NN2C(=O)NC3(CCC(C)CC3)C2=O)cc1. The molecule has 0 bridgehead atoms. The Kier molecular flexibility index (Phi) is 6.16. The summed E-state index contributed by atoms with van der Waals surface area (Å²) in [7, 11) is 0. The van der Waals surface area contributed by atoms with Crippen LogP contribution in [-0.4, -0.2) is 39.6 Å². The maximum Gasteiger partial charge on any atom is 0.344 e. The van der Waals surface area contributed by atoms with E-state index in [2.05, 4.69) is 23.0 Å². The highest BCUT2D eigenvalue weighted by atomic mass is 32.2. The predicted octanol–water partition coefficient (Wildman–Crippen LogP) is 2.66. The molecule has 0 radical (unpaired) electrons. The van der Waals surface area contributed by atoms with Crippen molar-refractivity contribution < 1.29 is 19.2 Å². The third-order valence-corrected chi connectivity index (χ3v) is 6.48. The Morgan fingerprint density at radius 2 is 1.83 bits per heavy atom. The second kappa shape index (κ2) is 8.44. The molecule has 2 fully saturated rings. The number of nitrogens with one attached hydrogen (secondary N) is 3. The fourth-order valence-electron chi connectivity index (χ4n) is 3.59. The lowest BCUT2D eigenvalue weighted by atomic mass is 9.77. The highest BCUT2D eigenvalue weighted by Crippen LogP contribution is 2.36. The van der Waals surface area contributed by atoms with Gasteiger partial charge in [0, 0.05) is 17.5 Å². The molecule has 156 valence electrons. The fourth-order valence-corrected chi connectivity index (χ4v) is 4.46. The van der Waals surface area contributed by atoms with Gasteiger partial charge in [-0.25, -0.2) is 4.79 Å². The normalized spacial score (nSPS) is 24.9. The summed E-state index contributed by atoms with van der Waals surface area (Å²) in [6.07, 6.45) is 2.93. The van der Waals surface area contributed by atoms with Crippen molar-refractivity contribution in [3.63, 3.8) is 0 Å². The molecule has 3 rings (SSSR count). The number of urea groups is 1. The lowest BCUT2D eigenvalue weighted by Gasteiger charge is -2.33. The summed E-state index contributed by atoms with van der Waals surface area (Å²) in [6, 6.07) is 6.52. The molecule has 8 nitrogen and oxygen atoms in total. The number of benzene rings is 1. The minimum atomic E-state index is -0.882. The van der Waals surface area contributed by atoms with Gasteiger partial charge in [0.05, 0.1) is 5.25 Å². The first-order chi connectivity index (χ1) is 13.7. The van der Waals surface area contributed by atoms with E-state index in [0.29, 0.717) is 24.4 Å². The van der Waals surface area contributed by atoms with Crippen LogP contribution in [0.3, 0.4) is 0 Å². The van der Waals surface area contributed by atoms with E-state index in [1.54, 1.807) is 31.2 Å². The molecule has 1 spiro atoms. The van der Waals surface area contributed by atoms with Crippen LogP contribution in [0.2, 0.25) is 0 Å². The number of hydrogen-bond acceptors (Lipinski definition) is 5. The van der Waals surface area contributed by atoms with E-state index < -0.39 is 22.7 Å². The third kappa shape index (κ3) is 4.72. The summed E-state index contributed by atoms with van der Waals surface area (Å²) in [5.41, 5.74) is 2.26.